The van der Waals surface area contributed by atoms with Gasteiger partial charge in [-0.15, -0.1) is 0 Å². The van der Waals surface area contributed by atoms with Crippen LogP contribution < -0.4 is 15.4 Å². The highest BCUT2D eigenvalue weighted by Gasteiger charge is 2.16. The molecule has 2 aromatic carbocycles. The van der Waals surface area contributed by atoms with E-state index in [1.54, 1.807) is 25.1 Å². The lowest BCUT2D eigenvalue weighted by molar-refractivity contribution is -0.123. The van der Waals surface area contributed by atoms with E-state index in [1.165, 1.54) is 0 Å². The number of benzene rings is 2. The minimum absolute atomic E-state index is 0.0644. The van der Waals surface area contributed by atoms with Crippen LogP contribution in [0.3, 0.4) is 0 Å². The van der Waals surface area contributed by atoms with Crippen molar-refractivity contribution in [3.63, 3.8) is 0 Å². The molecule has 3 rings (SSSR count). The summed E-state index contributed by atoms with van der Waals surface area (Å²) in [5.74, 6) is 0.188. The number of nitrogens with zero attached hydrogens (tertiary/aromatic N) is 1. The number of para-hydroxylation sites is 1. The third-order valence-corrected chi connectivity index (χ3v) is 4.25. The number of amides is 2. The maximum Gasteiger partial charge on any atom is 0.238 e. The highest BCUT2D eigenvalue weighted by Crippen LogP contribution is 2.36. The van der Waals surface area contributed by atoms with Crippen molar-refractivity contribution in [2.75, 3.05) is 32.6 Å². The molecule has 0 bridgehead atoms. The normalized spacial score (nSPS) is 11.4. The Morgan fingerprint density at radius 1 is 1.07 bits per heavy atom. The quantitative estimate of drug-likeness (QED) is 0.655. The van der Waals surface area contributed by atoms with Crippen molar-refractivity contribution in [3.05, 3.63) is 36.4 Å². The first-order chi connectivity index (χ1) is 13.4. The summed E-state index contributed by atoms with van der Waals surface area (Å²) < 4.78 is 11.3. The lowest BCUT2D eigenvalue weighted by Gasteiger charge is -2.17. The van der Waals surface area contributed by atoms with Crippen LogP contribution >= 0.6 is 0 Å². The van der Waals surface area contributed by atoms with Gasteiger partial charge in [0.1, 0.15) is 16.9 Å². The number of methoxy groups -OCH3 is 1. The number of fused-ring (bicyclic) bond motifs is 3. The van der Waals surface area contributed by atoms with Gasteiger partial charge >= 0.3 is 0 Å². The van der Waals surface area contributed by atoms with E-state index in [1.807, 2.05) is 44.2 Å². The number of hydrogen-bond donors (Lipinski definition) is 2. The van der Waals surface area contributed by atoms with Gasteiger partial charge < -0.3 is 19.8 Å². The van der Waals surface area contributed by atoms with Gasteiger partial charge in [-0.1, -0.05) is 18.2 Å². The fraction of sp³-hybridized carbons (Fsp3) is 0.333. The predicted octanol–water partition coefficient (Wildman–Crippen LogP) is 2.99. The first-order valence-electron chi connectivity index (χ1n) is 9.14. The van der Waals surface area contributed by atoms with Gasteiger partial charge in [-0.25, -0.2) is 0 Å². The average Bonchev–Trinajstić information content (AvgIpc) is 2.97. The average molecular weight is 383 g/mol. The maximum absolute atomic E-state index is 12.4. The molecule has 2 N–H and O–H groups in total. The third kappa shape index (κ3) is 4.43. The van der Waals surface area contributed by atoms with E-state index in [9.17, 15) is 9.59 Å². The minimum atomic E-state index is -0.242. The first-order valence-corrected chi connectivity index (χ1v) is 9.14. The Morgan fingerprint density at radius 2 is 1.79 bits per heavy atom. The Labute approximate surface area is 163 Å². The van der Waals surface area contributed by atoms with Crippen molar-refractivity contribution < 1.29 is 18.7 Å². The Kier molecular flexibility index (Phi) is 5.84. The standard InChI is InChI=1S/C21H25N3O4/c1-13(2)22-20(25)11-24(3)12-21(26)23-16-10-18-15(9-19(16)27-4)14-7-5-6-8-17(14)28-18/h5-10,13H,11-12H2,1-4H3,(H,22,25)(H,23,26). The van der Waals surface area contributed by atoms with Crippen LogP contribution in [0.5, 0.6) is 5.75 Å². The van der Waals surface area contributed by atoms with Crippen molar-refractivity contribution >= 4 is 39.4 Å². The van der Waals surface area contributed by atoms with E-state index in [0.717, 1.165) is 16.4 Å². The van der Waals surface area contributed by atoms with Gasteiger partial charge in [0.25, 0.3) is 0 Å². The highest BCUT2D eigenvalue weighted by atomic mass is 16.5. The van der Waals surface area contributed by atoms with Gasteiger partial charge in [0.15, 0.2) is 0 Å². The Morgan fingerprint density at radius 3 is 2.50 bits per heavy atom. The van der Waals surface area contributed by atoms with Crippen LogP contribution in [0.15, 0.2) is 40.8 Å². The Hall–Kier alpha value is -3.06. The first kappa shape index (κ1) is 19.7. The third-order valence-electron chi connectivity index (χ3n) is 4.25. The SMILES string of the molecule is COc1cc2c(cc1NC(=O)CN(C)CC(=O)NC(C)C)oc1ccccc12. The molecule has 0 fully saturated rings. The van der Waals surface area contributed by atoms with Crippen molar-refractivity contribution in [1.29, 1.82) is 0 Å². The summed E-state index contributed by atoms with van der Waals surface area (Å²) in [5, 5.41) is 7.56. The number of carbonyl (C=O) groups is 2. The molecule has 0 aliphatic rings. The molecule has 0 radical (unpaired) electrons. The van der Waals surface area contributed by atoms with Crippen LogP contribution in [0.1, 0.15) is 13.8 Å². The van der Waals surface area contributed by atoms with E-state index in [2.05, 4.69) is 10.6 Å². The second-order valence-electron chi connectivity index (χ2n) is 7.09. The largest absolute Gasteiger partial charge is 0.495 e. The highest BCUT2D eigenvalue weighted by molar-refractivity contribution is 6.07. The Balaban J connectivity index is 1.74. The lowest BCUT2D eigenvalue weighted by atomic mass is 10.1. The zero-order chi connectivity index (χ0) is 20.3. The fourth-order valence-corrected chi connectivity index (χ4v) is 3.12. The number of rotatable bonds is 7. The summed E-state index contributed by atoms with van der Waals surface area (Å²) in [6, 6.07) is 11.4. The number of nitrogens with one attached hydrogen (secondary N) is 2. The summed E-state index contributed by atoms with van der Waals surface area (Å²) in [6.07, 6.45) is 0. The summed E-state index contributed by atoms with van der Waals surface area (Å²) in [5.41, 5.74) is 1.97. The second-order valence-corrected chi connectivity index (χ2v) is 7.09. The van der Waals surface area contributed by atoms with E-state index >= 15 is 0 Å². The Bertz CT molecular complexity index is 1010. The van der Waals surface area contributed by atoms with Gasteiger partial charge in [-0.05, 0) is 33.0 Å². The maximum atomic E-state index is 12.4. The van der Waals surface area contributed by atoms with Gasteiger partial charge in [-0.2, -0.15) is 0 Å². The van der Waals surface area contributed by atoms with Crippen LogP contribution in [-0.2, 0) is 9.59 Å². The van der Waals surface area contributed by atoms with Crippen LogP contribution in [0.25, 0.3) is 21.9 Å². The van der Waals surface area contributed by atoms with Gasteiger partial charge in [0, 0.05) is 22.9 Å². The van der Waals surface area contributed by atoms with Crippen molar-refractivity contribution in [1.82, 2.24) is 10.2 Å². The topological polar surface area (TPSA) is 83.8 Å². The smallest absolute Gasteiger partial charge is 0.238 e. The molecule has 7 nitrogen and oxygen atoms in total. The molecule has 28 heavy (non-hydrogen) atoms. The minimum Gasteiger partial charge on any atom is -0.495 e. The van der Waals surface area contributed by atoms with Crippen molar-refractivity contribution in [2.24, 2.45) is 0 Å². The van der Waals surface area contributed by atoms with Gasteiger partial charge in [0.2, 0.25) is 11.8 Å². The zero-order valence-corrected chi connectivity index (χ0v) is 16.5. The van der Waals surface area contributed by atoms with Crippen LogP contribution in [0.4, 0.5) is 5.69 Å². The molecular weight excluding hydrogens is 358 g/mol. The molecule has 2 amide bonds. The molecule has 0 atom stereocenters. The summed E-state index contributed by atoms with van der Waals surface area (Å²) in [6.45, 7) is 4.01. The summed E-state index contributed by atoms with van der Waals surface area (Å²) in [4.78, 5) is 25.9. The van der Waals surface area contributed by atoms with E-state index in [0.29, 0.717) is 17.0 Å². The molecule has 0 aliphatic heterocycles. The lowest BCUT2D eigenvalue weighted by Crippen LogP contribution is -2.41. The molecule has 0 saturated heterocycles. The van der Waals surface area contributed by atoms with Crippen LogP contribution in [0.2, 0.25) is 0 Å². The fourth-order valence-electron chi connectivity index (χ4n) is 3.12. The molecule has 0 spiro atoms. The molecule has 0 aliphatic carbocycles. The van der Waals surface area contributed by atoms with E-state index < -0.39 is 0 Å². The van der Waals surface area contributed by atoms with E-state index in [4.69, 9.17) is 9.15 Å². The number of ether oxygens (including phenoxy) is 1. The van der Waals surface area contributed by atoms with Crippen LogP contribution in [0, 0.1) is 0 Å². The molecule has 0 unspecified atom stereocenters. The molecule has 1 heterocycles. The van der Waals surface area contributed by atoms with Crippen molar-refractivity contribution in [3.8, 4) is 5.75 Å². The number of hydrogen-bond acceptors (Lipinski definition) is 5. The van der Waals surface area contributed by atoms with Gasteiger partial charge in [-0.3, -0.25) is 14.5 Å². The molecule has 1 aromatic heterocycles. The monoisotopic (exact) mass is 383 g/mol. The molecule has 148 valence electrons. The molecule has 7 heteroatoms. The molecular formula is C21H25N3O4. The van der Waals surface area contributed by atoms with Crippen LogP contribution in [-0.4, -0.2) is 50.0 Å². The zero-order valence-electron chi connectivity index (χ0n) is 16.5. The van der Waals surface area contributed by atoms with Gasteiger partial charge in [0.05, 0.1) is 25.9 Å². The van der Waals surface area contributed by atoms with E-state index in [-0.39, 0.29) is 30.9 Å². The summed E-state index contributed by atoms with van der Waals surface area (Å²) >= 11 is 0. The summed E-state index contributed by atoms with van der Waals surface area (Å²) in [7, 11) is 3.28. The number of anilines is 1. The number of likely N-dealkylation sites (N-methyl/N-ethyl adjacent to an activating group) is 1. The predicted molar refractivity (Wildman–Crippen MR) is 110 cm³/mol. The molecule has 0 saturated carbocycles. The van der Waals surface area contributed by atoms with Crippen molar-refractivity contribution in [2.45, 2.75) is 19.9 Å². The number of furan rings is 1. The number of carbonyl (C=O) groups excluding carboxylic acids is 2. The molecule has 3 aromatic rings. The second kappa shape index (κ2) is 8.31.